The van der Waals surface area contributed by atoms with Crippen LogP contribution in [0, 0.1) is 13.8 Å². The number of fused-ring (bicyclic) bond motifs is 2. The zero-order valence-electron chi connectivity index (χ0n) is 38.1. The fourth-order valence-corrected chi connectivity index (χ4v) is 9.87. The van der Waals surface area contributed by atoms with Crippen LogP contribution in [0.5, 0.6) is 0 Å². The fraction of sp³-hybridized carbons (Fsp3) is 0.434. The lowest BCUT2D eigenvalue weighted by Gasteiger charge is -2.33. The van der Waals surface area contributed by atoms with Crippen LogP contribution in [0.3, 0.4) is 0 Å². The van der Waals surface area contributed by atoms with Crippen LogP contribution in [0.15, 0.2) is 73.1 Å². The van der Waals surface area contributed by atoms with Crippen LogP contribution in [0.4, 0.5) is 0 Å². The molecule has 2 aromatic heterocycles. The first-order chi connectivity index (χ1) is 31.5. The van der Waals surface area contributed by atoms with E-state index in [1.807, 2.05) is 36.4 Å². The van der Waals surface area contributed by atoms with Crippen LogP contribution in [0.25, 0.3) is 21.8 Å². The Balaban J connectivity index is 0.000000161. The van der Waals surface area contributed by atoms with E-state index in [0.29, 0.717) is 34.4 Å². The van der Waals surface area contributed by atoms with Crippen molar-refractivity contribution < 1.29 is 24.3 Å². The number of carbonyl (C=O) groups excluding carboxylic acids is 3. The van der Waals surface area contributed by atoms with Gasteiger partial charge in [0.05, 0.1) is 29.0 Å². The zero-order chi connectivity index (χ0) is 45.6. The van der Waals surface area contributed by atoms with Crippen molar-refractivity contribution in [1.82, 2.24) is 41.2 Å². The molecule has 0 spiro atoms. The van der Waals surface area contributed by atoms with E-state index < -0.39 is 5.97 Å². The van der Waals surface area contributed by atoms with Gasteiger partial charge >= 0.3 is 5.97 Å². The summed E-state index contributed by atoms with van der Waals surface area (Å²) >= 11 is 0. The van der Waals surface area contributed by atoms with Gasteiger partial charge in [-0.3, -0.25) is 24.6 Å². The lowest BCUT2D eigenvalue weighted by Crippen LogP contribution is -2.38. The Hall–Kier alpha value is -6.34. The number of aromatic amines is 2. The van der Waals surface area contributed by atoms with Crippen molar-refractivity contribution in [3.63, 3.8) is 0 Å². The van der Waals surface area contributed by atoms with Gasteiger partial charge in [-0.15, -0.1) is 0 Å². The van der Waals surface area contributed by atoms with Crippen molar-refractivity contribution >= 4 is 45.5 Å². The molecule has 0 atom stereocenters. The Bertz CT molecular complexity index is 2680. The monoisotopic (exact) mass is 895 g/mol. The first-order valence-electron chi connectivity index (χ1n) is 23.4. The molecule has 13 heteroatoms. The first-order valence-corrected chi connectivity index (χ1v) is 23.4. The summed E-state index contributed by atoms with van der Waals surface area (Å²) in [5, 5.41) is 34.3. The summed E-state index contributed by atoms with van der Waals surface area (Å²) in [5.41, 5.74) is 10.8. The minimum absolute atomic E-state index is 0. The Labute approximate surface area is 387 Å². The predicted octanol–water partition coefficient (Wildman–Crippen LogP) is 9.50. The number of nitrogens with one attached hydrogen (secondary N) is 5. The molecule has 66 heavy (non-hydrogen) atoms. The number of hydrogen-bond acceptors (Lipinski definition) is 7. The van der Waals surface area contributed by atoms with Crippen molar-refractivity contribution in [2.45, 2.75) is 109 Å². The molecule has 4 aliphatic rings. The molecule has 4 heterocycles. The van der Waals surface area contributed by atoms with Gasteiger partial charge in [0.25, 0.3) is 17.7 Å². The molecule has 4 fully saturated rings. The highest BCUT2D eigenvalue weighted by molar-refractivity contribution is 6.02. The molecule has 10 rings (SSSR count). The molecule has 2 saturated carbocycles. The maximum atomic E-state index is 13.4. The highest BCUT2D eigenvalue weighted by Crippen LogP contribution is 2.41. The molecule has 2 aliphatic carbocycles. The molecule has 0 unspecified atom stereocenters. The molecule has 2 saturated heterocycles. The summed E-state index contributed by atoms with van der Waals surface area (Å²) in [5.74, 6) is 0.753. The molecule has 0 radical (unpaired) electrons. The predicted molar refractivity (Wildman–Crippen MR) is 261 cm³/mol. The quantitative estimate of drug-likeness (QED) is 0.0873. The van der Waals surface area contributed by atoms with Crippen molar-refractivity contribution in [2.24, 2.45) is 0 Å². The molecule has 3 amide bonds. The van der Waals surface area contributed by atoms with E-state index >= 15 is 0 Å². The van der Waals surface area contributed by atoms with Crippen LogP contribution >= 0.6 is 0 Å². The maximum Gasteiger partial charge on any atom is 0.335 e. The zero-order valence-corrected chi connectivity index (χ0v) is 38.1. The molecule has 4 aromatic carbocycles. The number of carboxylic acids is 1. The van der Waals surface area contributed by atoms with Crippen molar-refractivity contribution in [1.29, 1.82) is 0 Å². The third-order valence-corrected chi connectivity index (χ3v) is 14.3. The third kappa shape index (κ3) is 10.4. The molecule has 13 nitrogen and oxygen atoms in total. The fourth-order valence-electron chi connectivity index (χ4n) is 9.87. The van der Waals surface area contributed by atoms with Gasteiger partial charge in [0, 0.05) is 54.6 Å². The number of carboxylic acid groups (broad SMARTS) is 1. The van der Waals surface area contributed by atoms with Gasteiger partial charge in [-0.25, -0.2) is 4.79 Å². The Kier molecular flexibility index (Phi) is 15.4. The van der Waals surface area contributed by atoms with Gasteiger partial charge in [-0.1, -0.05) is 44.5 Å². The van der Waals surface area contributed by atoms with Crippen LogP contribution < -0.4 is 16.0 Å². The van der Waals surface area contributed by atoms with E-state index in [0.717, 1.165) is 109 Å². The Morgan fingerprint density at radius 1 is 0.591 bits per heavy atom. The number of amides is 3. The van der Waals surface area contributed by atoms with E-state index in [-0.39, 0.29) is 30.7 Å². The molecular weight excluding hydrogens is 829 g/mol. The molecular formula is C53H66N8O5. The topological polar surface area (TPSA) is 185 Å². The number of benzene rings is 4. The number of aromatic carboxylic acids is 1. The van der Waals surface area contributed by atoms with E-state index in [1.165, 1.54) is 48.3 Å². The second kappa shape index (κ2) is 21.3. The second-order valence-corrected chi connectivity index (χ2v) is 18.3. The molecule has 6 aromatic rings. The summed E-state index contributed by atoms with van der Waals surface area (Å²) in [6, 6.07) is 20.4. The number of hydrogen-bond donors (Lipinski definition) is 6. The Morgan fingerprint density at radius 2 is 1.05 bits per heavy atom. The van der Waals surface area contributed by atoms with Crippen LogP contribution in [-0.2, 0) is 0 Å². The SMILES string of the molecule is C.CNC(=O)c1cc(C(=O)N2CCC(c3ccc4[nH]ncc4c3)CC2)c(C)cc1C1CCC1.CNC(=O)c1cc(C(=O)O)c(C)cc1C1CCC1.c1cc2[nH]ncc2cc1C1CCNCC1. The summed E-state index contributed by atoms with van der Waals surface area (Å²) in [6.07, 6.45) is 14.9. The van der Waals surface area contributed by atoms with E-state index in [4.69, 9.17) is 5.11 Å². The number of likely N-dealkylation sites (tertiary alicyclic amines) is 1. The van der Waals surface area contributed by atoms with Gasteiger partial charge in [0.1, 0.15) is 0 Å². The minimum Gasteiger partial charge on any atom is -0.478 e. The number of H-pyrrole nitrogens is 2. The molecule has 0 bridgehead atoms. The highest BCUT2D eigenvalue weighted by Gasteiger charge is 2.30. The lowest BCUT2D eigenvalue weighted by molar-refractivity contribution is 0.0691. The van der Waals surface area contributed by atoms with Crippen LogP contribution in [-0.4, -0.2) is 94.4 Å². The smallest absolute Gasteiger partial charge is 0.335 e. The number of rotatable bonds is 8. The lowest BCUT2D eigenvalue weighted by atomic mass is 9.77. The largest absolute Gasteiger partial charge is 0.478 e. The van der Waals surface area contributed by atoms with Gasteiger partial charge in [0.15, 0.2) is 0 Å². The van der Waals surface area contributed by atoms with Gasteiger partial charge < -0.3 is 26.0 Å². The van der Waals surface area contributed by atoms with Crippen LogP contribution in [0.2, 0.25) is 0 Å². The van der Waals surface area contributed by atoms with Crippen LogP contribution in [0.1, 0.15) is 170 Å². The van der Waals surface area contributed by atoms with Crippen molar-refractivity contribution in [3.05, 3.63) is 129 Å². The standard InChI is InChI=1S/C26H30N4O2.C14H17NO3.C12H15N3.CH4/c1-16-12-22(18-4-3-5-18)23(25(31)27-2)14-21(16)26(32)30-10-8-17(9-11-30)19-6-7-24-20(13-19)15-28-29-24;1-8-6-11(9-4-3-5-9)12(13(16)15-2)7-10(8)14(17)18;1-2-12-11(8-14-15-12)7-10(1)9-3-5-13-6-4-9;/h6-7,12-15,17-18H,3-5,8-11H2,1-2H3,(H,27,31)(H,28,29);6-7,9H,3-5H2,1-2H3,(H,15,16)(H,17,18);1-2,7-9,13H,3-6H2,(H,14,15);1H4. The maximum absolute atomic E-state index is 13.4. The number of nitrogens with zero attached hydrogens (tertiary/aromatic N) is 3. The van der Waals surface area contributed by atoms with Crippen molar-refractivity contribution in [2.75, 3.05) is 40.3 Å². The van der Waals surface area contributed by atoms with Gasteiger partial charge in [-0.2, -0.15) is 10.2 Å². The second-order valence-electron chi connectivity index (χ2n) is 18.3. The number of piperidine rings is 2. The normalized spacial score (nSPS) is 16.7. The van der Waals surface area contributed by atoms with Gasteiger partial charge in [0.2, 0.25) is 0 Å². The summed E-state index contributed by atoms with van der Waals surface area (Å²) in [4.78, 5) is 50.9. The van der Waals surface area contributed by atoms with Crippen molar-refractivity contribution in [3.8, 4) is 0 Å². The third-order valence-electron chi connectivity index (χ3n) is 14.3. The molecule has 6 N–H and O–H groups in total. The minimum atomic E-state index is -0.988. The van der Waals surface area contributed by atoms with Gasteiger partial charge in [-0.05, 0) is 172 Å². The number of carbonyl (C=O) groups is 4. The Morgan fingerprint density at radius 3 is 1.48 bits per heavy atom. The summed E-state index contributed by atoms with van der Waals surface area (Å²) in [6.45, 7) is 7.52. The number of aromatic nitrogens is 4. The average molecular weight is 895 g/mol. The van der Waals surface area contributed by atoms with E-state index in [1.54, 1.807) is 21.0 Å². The molecule has 348 valence electrons. The summed E-state index contributed by atoms with van der Waals surface area (Å²) in [7, 11) is 3.22. The average Bonchev–Trinajstić information content (AvgIpc) is 3.98. The summed E-state index contributed by atoms with van der Waals surface area (Å²) < 4.78 is 0. The first kappa shape index (κ1) is 47.6. The highest BCUT2D eigenvalue weighted by atomic mass is 16.4. The van der Waals surface area contributed by atoms with E-state index in [9.17, 15) is 19.2 Å². The molecule has 2 aliphatic heterocycles. The number of aryl methyl sites for hydroxylation is 2. The van der Waals surface area contributed by atoms with E-state index in [2.05, 4.69) is 78.8 Å².